The number of amides is 1. The summed E-state index contributed by atoms with van der Waals surface area (Å²) in [4.78, 5) is 11.8. The molecule has 1 aromatic heterocycles. The van der Waals surface area contributed by atoms with Crippen molar-refractivity contribution in [2.24, 2.45) is 0 Å². The Morgan fingerprint density at radius 1 is 1.38 bits per heavy atom. The first-order valence-electron chi connectivity index (χ1n) is 5.77. The lowest BCUT2D eigenvalue weighted by Gasteiger charge is -2.12. The second kappa shape index (κ2) is 6.93. The first-order valence-corrected chi connectivity index (χ1v) is 6.91. The molecule has 1 aromatic carbocycles. The van der Waals surface area contributed by atoms with Crippen molar-refractivity contribution in [1.82, 2.24) is 25.9 Å². The van der Waals surface area contributed by atoms with Crippen LogP contribution in [-0.2, 0) is 4.79 Å². The SMILES string of the molecule is CC(NC(=O)COc1c(Cl)cc(Cl)cc1Cl)c1nn[nH]n1. The Kier molecular flexibility index (Phi) is 5.22. The first-order chi connectivity index (χ1) is 9.97. The van der Waals surface area contributed by atoms with Crippen LogP contribution in [0.4, 0.5) is 0 Å². The van der Waals surface area contributed by atoms with Crippen LogP contribution in [0.25, 0.3) is 0 Å². The van der Waals surface area contributed by atoms with Gasteiger partial charge in [0.25, 0.3) is 5.91 Å². The second-order valence-electron chi connectivity index (χ2n) is 4.05. The van der Waals surface area contributed by atoms with Gasteiger partial charge in [-0.1, -0.05) is 40.0 Å². The molecular formula is C11H10Cl3N5O2. The van der Waals surface area contributed by atoms with Crippen LogP contribution in [0.3, 0.4) is 0 Å². The normalized spacial score (nSPS) is 12.0. The predicted octanol–water partition coefficient (Wildman–Crippen LogP) is 2.42. The van der Waals surface area contributed by atoms with Gasteiger partial charge < -0.3 is 10.1 Å². The van der Waals surface area contributed by atoms with Gasteiger partial charge in [-0.25, -0.2) is 0 Å². The summed E-state index contributed by atoms with van der Waals surface area (Å²) in [6.45, 7) is 1.45. The number of rotatable bonds is 5. The minimum absolute atomic E-state index is 0.199. The van der Waals surface area contributed by atoms with Crippen molar-refractivity contribution >= 4 is 40.7 Å². The zero-order chi connectivity index (χ0) is 15.4. The highest BCUT2D eigenvalue weighted by Gasteiger charge is 2.15. The van der Waals surface area contributed by atoms with Crippen molar-refractivity contribution in [1.29, 1.82) is 0 Å². The zero-order valence-electron chi connectivity index (χ0n) is 10.7. The lowest BCUT2D eigenvalue weighted by Crippen LogP contribution is -2.31. The molecule has 0 fully saturated rings. The van der Waals surface area contributed by atoms with Gasteiger partial charge in [0.2, 0.25) is 0 Å². The lowest BCUT2D eigenvalue weighted by atomic mass is 10.3. The Balaban J connectivity index is 1.93. The van der Waals surface area contributed by atoms with Crippen LogP contribution in [0.15, 0.2) is 12.1 Å². The monoisotopic (exact) mass is 349 g/mol. The Morgan fingerprint density at radius 3 is 2.62 bits per heavy atom. The molecule has 1 amide bonds. The van der Waals surface area contributed by atoms with E-state index in [0.717, 1.165) is 0 Å². The van der Waals surface area contributed by atoms with Crippen LogP contribution in [0.1, 0.15) is 18.8 Å². The third kappa shape index (κ3) is 4.20. The fourth-order valence-corrected chi connectivity index (χ4v) is 2.43. The number of ether oxygens (including phenoxy) is 1. The number of benzene rings is 1. The summed E-state index contributed by atoms with van der Waals surface area (Å²) in [5.41, 5.74) is 0. The van der Waals surface area contributed by atoms with Gasteiger partial charge in [0, 0.05) is 5.02 Å². The highest BCUT2D eigenvalue weighted by Crippen LogP contribution is 2.35. The molecule has 1 atom stereocenters. The fourth-order valence-electron chi connectivity index (χ4n) is 1.51. The molecule has 0 aliphatic rings. The molecule has 7 nitrogen and oxygen atoms in total. The number of halogens is 3. The molecule has 0 radical (unpaired) electrons. The van der Waals surface area contributed by atoms with E-state index < -0.39 is 6.04 Å². The van der Waals surface area contributed by atoms with Crippen LogP contribution in [0.2, 0.25) is 15.1 Å². The third-order valence-electron chi connectivity index (χ3n) is 2.44. The highest BCUT2D eigenvalue weighted by atomic mass is 35.5. The molecule has 2 rings (SSSR count). The maximum absolute atomic E-state index is 11.8. The largest absolute Gasteiger partial charge is 0.481 e. The molecular weight excluding hydrogens is 341 g/mol. The molecule has 1 unspecified atom stereocenters. The summed E-state index contributed by atoms with van der Waals surface area (Å²) in [6.07, 6.45) is 0. The van der Waals surface area contributed by atoms with E-state index in [4.69, 9.17) is 39.5 Å². The summed E-state index contributed by atoms with van der Waals surface area (Å²) in [6, 6.07) is 2.55. The second-order valence-corrected chi connectivity index (χ2v) is 5.30. The highest BCUT2D eigenvalue weighted by molar-refractivity contribution is 6.40. The molecule has 112 valence electrons. The number of hydrogen-bond acceptors (Lipinski definition) is 5. The Hall–Kier alpha value is -1.57. The number of carbonyl (C=O) groups excluding carboxylic acids is 1. The third-order valence-corrected chi connectivity index (χ3v) is 3.22. The molecule has 2 aromatic rings. The fraction of sp³-hybridized carbons (Fsp3) is 0.273. The van der Waals surface area contributed by atoms with Gasteiger partial charge in [0.1, 0.15) is 0 Å². The number of hydrogen-bond donors (Lipinski definition) is 2. The molecule has 2 N–H and O–H groups in total. The molecule has 0 saturated heterocycles. The molecule has 0 aliphatic heterocycles. The molecule has 10 heteroatoms. The van der Waals surface area contributed by atoms with E-state index in [1.165, 1.54) is 12.1 Å². The number of aromatic amines is 1. The summed E-state index contributed by atoms with van der Waals surface area (Å²) in [5.74, 6) is 0.186. The molecule has 0 bridgehead atoms. The number of nitrogens with one attached hydrogen (secondary N) is 2. The van der Waals surface area contributed by atoms with E-state index in [1.807, 2.05) is 0 Å². The van der Waals surface area contributed by atoms with Crippen LogP contribution in [0.5, 0.6) is 5.75 Å². The summed E-state index contributed by atoms with van der Waals surface area (Å²) in [5, 5.41) is 16.7. The summed E-state index contributed by atoms with van der Waals surface area (Å²) >= 11 is 17.7. The van der Waals surface area contributed by atoms with Gasteiger partial charge >= 0.3 is 0 Å². The van der Waals surface area contributed by atoms with Gasteiger partial charge in [-0.05, 0) is 19.1 Å². The minimum Gasteiger partial charge on any atom is -0.481 e. The number of nitrogens with zero attached hydrogens (tertiary/aromatic N) is 3. The maximum Gasteiger partial charge on any atom is 0.258 e. The zero-order valence-corrected chi connectivity index (χ0v) is 13.0. The molecule has 0 spiro atoms. The number of aromatic nitrogens is 4. The van der Waals surface area contributed by atoms with Crippen molar-refractivity contribution in [2.75, 3.05) is 6.61 Å². The first kappa shape index (κ1) is 15.8. The smallest absolute Gasteiger partial charge is 0.258 e. The topological polar surface area (TPSA) is 92.8 Å². The van der Waals surface area contributed by atoms with Crippen LogP contribution in [0, 0.1) is 0 Å². The van der Waals surface area contributed by atoms with Crippen molar-refractivity contribution in [2.45, 2.75) is 13.0 Å². The van der Waals surface area contributed by atoms with Gasteiger partial charge in [-0.15, -0.1) is 10.2 Å². The van der Waals surface area contributed by atoms with E-state index in [1.54, 1.807) is 6.92 Å². The Bertz CT molecular complexity index is 612. The van der Waals surface area contributed by atoms with Crippen molar-refractivity contribution in [3.63, 3.8) is 0 Å². The molecule has 21 heavy (non-hydrogen) atoms. The standard InChI is InChI=1S/C11H10Cl3N5O2/c1-5(11-16-18-19-17-11)15-9(20)4-21-10-7(13)2-6(12)3-8(10)14/h2-3,5H,4H2,1H3,(H,15,20)(H,16,17,18,19). The molecule has 1 heterocycles. The van der Waals surface area contributed by atoms with Crippen LogP contribution in [-0.4, -0.2) is 33.1 Å². The van der Waals surface area contributed by atoms with E-state index in [2.05, 4.69) is 25.9 Å². The van der Waals surface area contributed by atoms with E-state index in [0.29, 0.717) is 10.8 Å². The number of tetrazole rings is 1. The quantitative estimate of drug-likeness (QED) is 0.864. The Labute approximate surface area is 134 Å². The lowest BCUT2D eigenvalue weighted by molar-refractivity contribution is -0.123. The number of carbonyl (C=O) groups is 1. The average Bonchev–Trinajstić information content (AvgIpc) is 2.91. The van der Waals surface area contributed by atoms with E-state index >= 15 is 0 Å². The minimum atomic E-state index is -0.406. The van der Waals surface area contributed by atoms with Crippen molar-refractivity contribution in [3.8, 4) is 5.75 Å². The van der Waals surface area contributed by atoms with Gasteiger partial charge in [-0.3, -0.25) is 4.79 Å². The van der Waals surface area contributed by atoms with Crippen LogP contribution >= 0.6 is 34.8 Å². The number of H-pyrrole nitrogens is 1. The average molecular weight is 351 g/mol. The molecule has 0 saturated carbocycles. The van der Waals surface area contributed by atoms with Crippen molar-refractivity contribution < 1.29 is 9.53 Å². The maximum atomic E-state index is 11.8. The predicted molar refractivity (Wildman–Crippen MR) is 77.7 cm³/mol. The van der Waals surface area contributed by atoms with Gasteiger partial charge in [-0.2, -0.15) is 5.21 Å². The Morgan fingerprint density at radius 2 is 2.05 bits per heavy atom. The van der Waals surface area contributed by atoms with E-state index in [9.17, 15) is 4.79 Å². The van der Waals surface area contributed by atoms with Crippen molar-refractivity contribution in [3.05, 3.63) is 33.0 Å². The van der Waals surface area contributed by atoms with Gasteiger partial charge in [0.05, 0.1) is 16.1 Å². The van der Waals surface area contributed by atoms with E-state index in [-0.39, 0.29) is 28.3 Å². The molecule has 0 aliphatic carbocycles. The van der Waals surface area contributed by atoms with Crippen LogP contribution < -0.4 is 10.1 Å². The van der Waals surface area contributed by atoms with Gasteiger partial charge in [0.15, 0.2) is 18.2 Å². The summed E-state index contributed by atoms with van der Waals surface area (Å²) < 4.78 is 5.30. The summed E-state index contributed by atoms with van der Waals surface area (Å²) in [7, 11) is 0.